The Labute approximate surface area is 536 Å². The van der Waals surface area contributed by atoms with E-state index in [0.29, 0.717) is 17.4 Å². The number of unbranched alkanes of at least 4 members (excludes halogenated alkanes) is 50. The third kappa shape index (κ3) is 66.6. The fourth-order valence-electron chi connectivity index (χ4n) is 11.5. The van der Waals surface area contributed by atoms with Gasteiger partial charge in [-0.25, -0.2) is 0 Å². The number of nitrogens with zero attached hydrogens (tertiary/aromatic N) is 1. The Bertz CT molecular complexity index is 1560. The fourth-order valence-corrected chi connectivity index (χ4v) is 12.2. The van der Waals surface area contributed by atoms with Crippen LogP contribution < -0.4 is 10.2 Å². The highest BCUT2D eigenvalue weighted by Gasteiger charge is 2.27. The van der Waals surface area contributed by atoms with Gasteiger partial charge in [-0.05, 0) is 63.9 Å². The number of allylic oxidation sites excluding steroid dienone is 5. The number of phosphoric acid groups is 1. The van der Waals surface area contributed by atoms with E-state index < -0.39 is 20.0 Å². The molecular weight excluding hydrogens is 1080 g/mol. The monoisotopic (exact) mass is 1230 g/mol. The summed E-state index contributed by atoms with van der Waals surface area (Å²) in [5, 5.41) is 3.06. The zero-order valence-corrected chi connectivity index (χ0v) is 59.2. The molecule has 0 bridgehead atoms. The first-order valence-electron chi connectivity index (χ1n) is 37.8. The van der Waals surface area contributed by atoms with Gasteiger partial charge in [0.05, 0.1) is 33.8 Å². The molecule has 0 aliphatic carbocycles. The molecule has 0 aromatic rings. The standard InChI is InChI=1S/C76H147N2O7P/c1-7-10-13-16-19-22-25-28-30-32-34-36-38-39-41-43-45-47-49-51-54-57-60-63-66-69-76(80)85-74(67-64-61-58-55-52-27-24-21-18-15-12-9-3)73(72-84-86(81,82)83-71-70-78(4,5)6)77-75(79)68-65-62-59-56-53-50-48-46-44-42-40-37-35-33-31-29-26-23-20-17-14-11-8-2/h19,22,28,30,64,67,73-74H,7-18,20-21,23-27,29,31-63,65-66,68-72H2,1-6H3,(H-,77,79,81,82)/b22-19-,30-28-,67-64+. The molecule has 1 N–H and O–H groups in total. The fraction of sp³-hybridized carbons (Fsp3) is 0.895. The summed E-state index contributed by atoms with van der Waals surface area (Å²) in [6.45, 7) is 6.89. The van der Waals surface area contributed by atoms with Gasteiger partial charge in [0.2, 0.25) is 5.91 Å². The molecule has 0 aliphatic heterocycles. The molecule has 508 valence electrons. The molecule has 0 heterocycles. The Morgan fingerprint density at radius 1 is 0.407 bits per heavy atom. The summed E-state index contributed by atoms with van der Waals surface area (Å²) in [4.78, 5) is 40.3. The SMILES string of the molecule is CCCCC/C=C\C/C=C\CCCCCCCCCCCCCCCCCC(=O)OC(/C=C/CCCCCCCCCCCC)C(COP(=O)([O-])OCC[N+](C)(C)C)NC(=O)CCCCCCCCCCCCCCCCCCCCCCCCC. The zero-order valence-electron chi connectivity index (χ0n) is 58.3. The molecule has 0 saturated heterocycles. The van der Waals surface area contributed by atoms with Gasteiger partial charge in [-0.2, -0.15) is 0 Å². The molecule has 9 nitrogen and oxygen atoms in total. The van der Waals surface area contributed by atoms with Crippen LogP contribution in [0.2, 0.25) is 0 Å². The van der Waals surface area contributed by atoms with Crippen LogP contribution in [-0.2, 0) is 27.9 Å². The summed E-state index contributed by atoms with van der Waals surface area (Å²) in [5.74, 6) is -0.517. The molecule has 86 heavy (non-hydrogen) atoms. The minimum atomic E-state index is -4.70. The molecule has 0 radical (unpaired) electrons. The van der Waals surface area contributed by atoms with Crippen LogP contribution in [0, 0.1) is 0 Å². The van der Waals surface area contributed by atoms with Crippen molar-refractivity contribution in [3.63, 3.8) is 0 Å². The van der Waals surface area contributed by atoms with Gasteiger partial charge in [0.15, 0.2) is 0 Å². The number of amides is 1. The van der Waals surface area contributed by atoms with Gasteiger partial charge in [-0.15, -0.1) is 0 Å². The van der Waals surface area contributed by atoms with Crippen molar-refractivity contribution in [2.45, 2.75) is 399 Å². The predicted molar refractivity (Wildman–Crippen MR) is 372 cm³/mol. The largest absolute Gasteiger partial charge is 0.756 e. The number of hydrogen-bond acceptors (Lipinski definition) is 7. The van der Waals surface area contributed by atoms with E-state index in [9.17, 15) is 19.0 Å². The van der Waals surface area contributed by atoms with E-state index in [-0.39, 0.29) is 31.5 Å². The number of nitrogens with one attached hydrogen (secondary N) is 1. The highest BCUT2D eigenvalue weighted by molar-refractivity contribution is 7.45. The first kappa shape index (κ1) is 84.2. The number of phosphoric ester groups is 1. The number of quaternary nitrogens is 1. The molecule has 0 aromatic heterocycles. The van der Waals surface area contributed by atoms with Crippen molar-refractivity contribution >= 4 is 19.7 Å². The highest BCUT2D eigenvalue weighted by atomic mass is 31.2. The van der Waals surface area contributed by atoms with E-state index >= 15 is 0 Å². The molecule has 0 fully saturated rings. The third-order valence-corrected chi connectivity index (χ3v) is 18.3. The molecule has 3 atom stereocenters. The summed E-state index contributed by atoms with van der Waals surface area (Å²) < 4.78 is 30.5. The van der Waals surface area contributed by atoms with Crippen molar-refractivity contribution in [3.8, 4) is 0 Å². The Morgan fingerprint density at radius 2 is 0.709 bits per heavy atom. The van der Waals surface area contributed by atoms with E-state index in [1.807, 2.05) is 33.3 Å². The maximum absolute atomic E-state index is 13.6. The number of carbonyl (C=O) groups excluding carboxylic acids is 2. The van der Waals surface area contributed by atoms with Crippen molar-refractivity contribution in [1.29, 1.82) is 0 Å². The second-order valence-electron chi connectivity index (χ2n) is 27.2. The molecule has 10 heteroatoms. The van der Waals surface area contributed by atoms with Crippen LogP contribution in [0.25, 0.3) is 0 Å². The summed E-state index contributed by atoms with van der Waals surface area (Å²) in [5.41, 5.74) is 0. The first-order valence-corrected chi connectivity index (χ1v) is 39.3. The minimum Gasteiger partial charge on any atom is -0.756 e. The Morgan fingerprint density at radius 3 is 1.07 bits per heavy atom. The molecule has 0 saturated carbocycles. The zero-order chi connectivity index (χ0) is 62.8. The van der Waals surface area contributed by atoms with Gasteiger partial charge in [0, 0.05) is 12.8 Å². The van der Waals surface area contributed by atoms with E-state index in [1.54, 1.807) is 0 Å². The lowest BCUT2D eigenvalue weighted by Gasteiger charge is -2.30. The average molecular weight is 1230 g/mol. The van der Waals surface area contributed by atoms with Crippen LogP contribution in [0.1, 0.15) is 387 Å². The molecule has 0 rings (SSSR count). The van der Waals surface area contributed by atoms with Crippen LogP contribution in [0.3, 0.4) is 0 Å². The average Bonchev–Trinajstić information content (AvgIpc) is 3.65. The maximum atomic E-state index is 13.6. The van der Waals surface area contributed by atoms with Gasteiger partial charge in [0.25, 0.3) is 7.82 Å². The second kappa shape index (κ2) is 66.2. The van der Waals surface area contributed by atoms with Crippen molar-refractivity contribution in [2.75, 3.05) is 40.9 Å². The van der Waals surface area contributed by atoms with E-state index in [2.05, 4.69) is 50.4 Å². The van der Waals surface area contributed by atoms with Gasteiger partial charge in [0.1, 0.15) is 19.3 Å². The predicted octanol–water partition coefficient (Wildman–Crippen LogP) is 23.6. The Balaban J connectivity index is 4.96. The normalized spacial score (nSPS) is 13.6. The van der Waals surface area contributed by atoms with Crippen molar-refractivity contribution in [1.82, 2.24) is 5.32 Å². The topological polar surface area (TPSA) is 114 Å². The molecule has 0 aliphatic rings. The third-order valence-electron chi connectivity index (χ3n) is 17.3. The number of ether oxygens (including phenoxy) is 1. The lowest BCUT2D eigenvalue weighted by atomic mass is 10.0. The van der Waals surface area contributed by atoms with Crippen LogP contribution >= 0.6 is 7.82 Å². The Kier molecular flexibility index (Phi) is 64.8. The smallest absolute Gasteiger partial charge is 0.306 e. The number of rotatable bonds is 70. The second-order valence-corrected chi connectivity index (χ2v) is 28.6. The first-order chi connectivity index (χ1) is 41.9. The lowest BCUT2D eigenvalue weighted by Crippen LogP contribution is -2.47. The highest BCUT2D eigenvalue weighted by Crippen LogP contribution is 2.38. The van der Waals surface area contributed by atoms with Crippen LogP contribution in [0.4, 0.5) is 0 Å². The molecule has 0 aromatic carbocycles. The van der Waals surface area contributed by atoms with Crippen molar-refractivity contribution < 1.29 is 37.3 Å². The van der Waals surface area contributed by atoms with Gasteiger partial charge in [-0.3, -0.25) is 14.2 Å². The summed E-state index contributed by atoms with van der Waals surface area (Å²) in [6, 6.07) is -0.885. The summed E-state index contributed by atoms with van der Waals surface area (Å²) in [7, 11) is 1.21. The van der Waals surface area contributed by atoms with E-state index in [1.165, 1.54) is 289 Å². The van der Waals surface area contributed by atoms with E-state index in [0.717, 1.165) is 64.2 Å². The number of hydrogen-bond donors (Lipinski definition) is 1. The Hall–Kier alpha value is -1.77. The van der Waals surface area contributed by atoms with Gasteiger partial charge in [-0.1, -0.05) is 347 Å². The van der Waals surface area contributed by atoms with E-state index in [4.69, 9.17) is 13.8 Å². The molecule has 1 amide bonds. The minimum absolute atomic E-state index is 0.0186. The van der Waals surface area contributed by atoms with Gasteiger partial charge >= 0.3 is 5.97 Å². The molecule has 3 unspecified atom stereocenters. The number of carbonyl (C=O) groups is 2. The number of esters is 1. The van der Waals surface area contributed by atoms with Crippen molar-refractivity contribution in [3.05, 3.63) is 36.5 Å². The van der Waals surface area contributed by atoms with Crippen LogP contribution in [-0.4, -0.2) is 69.4 Å². The lowest BCUT2D eigenvalue weighted by molar-refractivity contribution is -0.870. The summed E-state index contributed by atoms with van der Waals surface area (Å²) in [6.07, 6.45) is 82.8. The number of likely N-dealkylation sites (N-methyl/N-ethyl adjacent to an activating group) is 1. The van der Waals surface area contributed by atoms with Crippen LogP contribution in [0.5, 0.6) is 0 Å². The molecular formula is C76H147N2O7P. The quantitative estimate of drug-likeness (QED) is 0.0212. The van der Waals surface area contributed by atoms with Gasteiger partial charge < -0.3 is 28.5 Å². The summed E-state index contributed by atoms with van der Waals surface area (Å²) >= 11 is 0. The van der Waals surface area contributed by atoms with Crippen molar-refractivity contribution in [2.24, 2.45) is 0 Å². The van der Waals surface area contributed by atoms with Crippen LogP contribution in [0.15, 0.2) is 36.5 Å². The molecule has 0 spiro atoms. The maximum Gasteiger partial charge on any atom is 0.306 e.